The van der Waals surface area contributed by atoms with E-state index in [1.54, 1.807) is 63.8 Å². The number of anilines is 3. The van der Waals surface area contributed by atoms with Crippen LogP contribution in [0.3, 0.4) is 0 Å². The molecule has 12 heterocycles. The van der Waals surface area contributed by atoms with Gasteiger partial charge in [0, 0.05) is 35.3 Å². The van der Waals surface area contributed by atoms with Crippen molar-refractivity contribution in [3.05, 3.63) is 268 Å². The van der Waals surface area contributed by atoms with Crippen LogP contribution in [0.4, 0.5) is 31.4 Å². The Morgan fingerprint density at radius 2 is 0.786 bits per heavy atom. The summed E-state index contributed by atoms with van der Waals surface area (Å²) in [6.45, 7) is 20.5. The van der Waals surface area contributed by atoms with Crippen LogP contribution in [0.5, 0.6) is 0 Å². The summed E-state index contributed by atoms with van der Waals surface area (Å²) >= 11 is 0. The van der Waals surface area contributed by atoms with E-state index in [9.17, 15) is 38.4 Å². The summed E-state index contributed by atoms with van der Waals surface area (Å²) in [5.74, 6) is 1.76. The fourth-order valence-electron chi connectivity index (χ4n) is 13.5. The van der Waals surface area contributed by atoms with E-state index in [4.69, 9.17) is 47.5 Å². The third-order valence-electron chi connectivity index (χ3n) is 18.7. The van der Waals surface area contributed by atoms with Gasteiger partial charge in [0.1, 0.15) is 18.3 Å². The molecule has 6 aliphatic rings. The minimum absolute atomic E-state index is 0. The summed E-state index contributed by atoms with van der Waals surface area (Å²) in [4.78, 5) is 87.0. The average molecular weight is 1570 g/mol. The van der Waals surface area contributed by atoms with Gasteiger partial charge in [0.2, 0.25) is 0 Å². The number of hydrogen-bond donors (Lipinski definition) is 1. The third-order valence-corrected chi connectivity index (χ3v) is 20.5. The Kier molecular flexibility index (Phi) is 25.6. The van der Waals surface area contributed by atoms with Crippen molar-refractivity contribution in [3.8, 4) is 50.8 Å². The number of nitrogens with zero attached hydrogens (tertiary/aromatic N) is 18. The number of carbonyl (C=O) groups is 3. The van der Waals surface area contributed by atoms with Gasteiger partial charge in [-0.15, -0.1) is 15.3 Å². The van der Waals surface area contributed by atoms with Crippen LogP contribution in [0.25, 0.3) is 65.4 Å². The normalized spacial score (nSPS) is 17.8. The van der Waals surface area contributed by atoms with Crippen LogP contribution in [-0.2, 0) is 93.5 Å². The van der Waals surface area contributed by atoms with Crippen molar-refractivity contribution in [1.82, 2.24) is 59.9 Å². The number of ether oxygens (including phenoxy) is 3. The van der Waals surface area contributed by atoms with E-state index in [0.29, 0.717) is 59.5 Å². The molecule has 6 atom stereocenters. The molecule has 17 rings (SSSR count). The van der Waals surface area contributed by atoms with E-state index in [0.717, 1.165) is 72.6 Å². The Hall–Kier alpha value is -10.6. The molecule has 37 heteroatoms. The van der Waals surface area contributed by atoms with Gasteiger partial charge >= 0.3 is 85.2 Å². The first-order chi connectivity index (χ1) is 53.0. The molecule has 3 saturated heterocycles. The fourth-order valence-corrected chi connectivity index (χ4v) is 15.0. The summed E-state index contributed by atoms with van der Waals surface area (Å²) in [5, 5.41) is 33.3. The number of aromatic nitrogens is 12. The van der Waals surface area contributed by atoms with Crippen molar-refractivity contribution < 1.29 is 130 Å². The van der Waals surface area contributed by atoms with Crippen molar-refractivity contribution >= 4 is 51.0 Å². The summed E-state index contributed by atoms with van der Waals surface area (Å²) in [6, 6.07) is 46.3. The summed E-state index contributed by atoms with van der Waals surface area (Å²) < 4.78 is 66.9. The van der Waals surface area contributed by atoms with Gasteiger partial charge in [0.25, 0.3) is 19.6 Å². The molecule has 3 amide bonds. The maximum absolute atomic E-state index is 13.8. The molecule has 112 heavy (non-hydrogen) atoms. The first kappa shape index (κ1) is 80.9. The molecule has 0 saturated carbocycles. The Bertz CT molecular complexity index is 5430. The third kappa shape index (κ3) is 17.8. The Balaban J connectivity index is 0.000000159. The van der Waals surface area contributed by atoms with Crippen molar-refractivity contribution in [3.63, 3.8) is 0 Å². The largest absolute Gasteiger partial charge is 1.00 e. The second-order valence-electron chi connectivity index (χ2n) is 25.5. The maximum atomic E-state index is 13.8. The van der Waals surface area contributed by atoms with Gasteiger partial charge in [-0.3, -0.25) is 28.3 Å². The first-order valence-electron chi connectivity index (χ1n) is 33.9. The van der Waals surface area contributed by atoms with Crippen LogP contribution in [0.2, 0.25) is 0 Å². The first-order valence-corrected chi connectivity index (χ1v) is 36.8. The zero-order chi connectivity index (χ0) is 75.3. The predicted molar refractivity (Wildman–Crippen MR) is 389 cm³/mol. The molecule has 3 fully saturated rings. The molecule has 5 aromatic carbocycles. The molecule has 6 aromatic heterocycles. The molecular formula is C75H64N18Na2O15P2. The van der Waals surface area contributed by atoms with Crippen molar-refractivity contribution in [1.29, 1.82) is 0 Å². The number of hydrogen-bond acceptors (Lipinski definition) is 24. The second-order valence-corrected chi connectivity index (χ2v) is 28.4. The molecule has 0 bridgehead atoms. The van der Waals surface area contributed by atoms with E-state index in [2.05, 4.69) is 71.0 Å². The number of phosphoric acid groups is 2. The number of fused-ring (bicyclic) bond motifs is 9. The molecule has 33 nitrogen and oxygen atoms in total. The smallest absolute Gasteiger partial charge is 0.790 e. The summed E-state index contributed by atoms with van der Waals surface area (Å²) in [6.07, 6.45) is 8.28. The Morgan fingerprint density at radius 1 is 0.455 bits per heavy atom. The summed E-state index contributed by atoms with van der Waals surface area (Å²) in [7, 11) is -9.21. The maximum Gasteiger partial charge on any atom is 1.00 e. The number of phosphoric ester groups is 2. The van der Waals surface area contributed by atoms with Crippen LogP contribution in [0, 0.1) is 19.7 Å². The molecule has 0 unspecified atom stereocenters. The minimum Gasteiger partial charge on any atom is -0.790 e. The quantitative estimate of drug-likeness (QED) is 0.0433. The van der Waals surface area contributed by atoms with Crippen LogP contribution in [0.15, 0.2) is 189 Å². The Labute approximate surface area is 684 Å². The standard InChI is InChI=1S/C34H29N6O6P.C20H17N6O6P.C20H16N6O3.CH4.2Na/c1-35-19-29-20-39(38-37-29)33-15-13-27(18-36-33)26-12-14-30-28(16-26)17-31-32(46-34(41)40(30)31)23-45-47(42,43-21-24-8-4-2-5-9-24)44-22-25-10-6-3-7-11-25;1-21-9-15-10-25(24-23-15)19-5-3-13(8-22-19)12-2-4-16-14(6-12)7-17-18(11-31-33(28,29)30)32-20(27)26(16)17;1-21-9-15-10-25(24-23-15)19-5-3-13(8-22-19)12-2-4-16-14(6-12)7-17-18(11-27)29-20(28)26(16)17;;;/h2-16,18,20,31-32H,17,19,21-23H2;2-6,8,10,17-18H,7,9,11H2,(H2,28,29,30);2-6,8,10,17-18,27H,7,9,11H2;1H4;;/q;;;;2*+1/p-2/t31-,32-;2*17-,18-;;;/m000.../s1. The molecule has 556 valence electrons. The number of benzene rings is 5. The monoisotopic (exact) mass is 1560 g/mol. The fraction of sp³-hybridized carbons (Fsp3) is 0.240. The number of carbonyl (C=O) groups excluding carboxylic acids is 3. The van der Waals surface area contributed by atoms with E-state index in [-0.39, 0.29) is 125 Å². The minimum atomic E-state index is -5.16. The number of pyridine rings is 3. The molecule has 0 radical (unpaired) electrons. The van der Waals surface area contributed by atoms with Gasteiger partial charge in [0.15, 0.2) is 34.5 Å². The van der Waals surface area contributed by atoms with Crippen molar-refractivity contribution in [2.45, 2.75) is 96.0 Å². The van der Waals surface area contributed by atoms with Crippen molar-refractivity contribution in [2.75, 3.05) is 34.5 Å². The van der Waals surface area contributed by atoms with Gasteiger partial charge in [0.05, 0.1) is 94.6 Å². The van der Waals surface area contributed by atoms with E-state index in [1.807, 2.05) is 133 Å². The van der Waals surface area contributed by atoms with E-state index >= 15 is 0 Å². The van der Waals surface area contributed by atoms with Gasteiger partial charge < -0.3 is 52.7 Å². The number of rotatable bonds is 22. The zero-order valence-electron chi connectivity index (χ0n) is 59.2. The Morgan fingerprint density at radius 3 is 1.11 bits per heavy atom. The van der Waals surface area contributed by atoms with Crippen molar-refractivity contribution in [2.24, 2.45) is 0 Å². The number of aliphatic hydroxyl groups excluding tert-OH is 1. The zero-order valence-corrected chi connectivity index (χ0v) is 65.0. The van der Waals surface area contributed by atoms with Crippen LogP contribution >= 0.6 is 15.6 Å². The van der Waals surface area contributed by atoms with E-state index in [1.165, 1.54) is 14.3 Å². The van der Waals surface area contributed by atoms with Gasteiger partial charge in [-0.1, -0.05) is 102 Å². The van der Waals surface area contributed by atoms with Crippen LogP contribution in [-0.4, -0.2) is 140 Å². The van der Waals surface area contributed by atoms with Gasteiger partial charge in [-0.25, -0.2) is 67.7 Å². The summed E-state index contributed by atoms with van der Waals surface area (Å²) in [5.41, 5.74) is 14.0. The molecular weight excluding hydrogens is 1500 g/mol. The molecule has 6 aliphatic heterocycles. The number of cyclic esters (lactones) is 3. The average Bonchev–Trinajstić information content (AvgIpc) is 1.61. The number of aliphatic hydroxyl groups is 1. The molecule has 11 aromatic rings. The van der Waals surface area contributed by atoms with E-state index < -0.39 is 64.9 Å². The molecule has 1 N–H and O–H groups in total. The molecule has 0 spiro atoms. The SMILES string of the molecule is C.[C-]#[N+]Cc1cn(-c2ccc(-c3ccc4c(c3)C[C@H]3[C@H](CO)OC(=O)N43)cn2)nn1.[C-]#[N+]Cc1cn(-c2ccc(-c3ccc4c(c3)C[C@H]3[C@H](COP(=O)(OCc5ccccc5)OCc5ccccc5)OC(=O)N43)cn2)nn1.[C-]#[N+]Cc1cn(-c2ccc(-c3ccc4c(c3)C[C@H]3[C@H](COP(=O)([O-])[O-])OC(=O)N43)cn2)nn1.[Na+].[Na+]. The van der Waals surface area contributed by atoms with Gasteiger partial charge in [-0.2, -0.15) is 0 Å². The second kappa shape index (κ2) is 35.4. The molecule has 0 aliphatic carbocycles. The number of amides is 3. The van der Waals surface area contributed by atoms with Crippen LogP contribution < -0.4 is 83.6 Å². The predicted octanol–water partition coefficient (Wildman–Crippen LogP) is 4.04. The van der Waals surface area contributed by atoms with Gasteiger partial charge in [-0.05, 0) is 137 Å². The topological polar surface area (TPSA) is 370 Å². The van der Waals surface area contributed by atoms with Crippen LogP contribution in [0.1, 0.15) is 52.3 Å².